The van der Waals surface area contributed by atoms with E-state index >= 15 is 0 Å². The Labute approximate surface area is 248 Å². The van der Waals surface area contributed by atoms with Crippen molar-refractivity contribution in [2.45, 2.75) is 62.9 Å². The lowest BCUT2D eigenvalue weighted by molar-refractivity contribution is -0.175. The van der Waals surface area contributed by atoms with Gasteiger partial charge in [-0.3, -0.25) is 4.79 Å². The number of allylic oxidation sites excluding steroid dienone is 1. The Balaban J connectivity index is 1.61. The number of likely N-dealkylation sites (N-methyl/N-ethyl adjacent to an activating group) is 1. The van der Waals surface area contributed by atoms with Gasteiger partial charge in [-0.15, -0.1) is 0 Å². The van der Waals surface area contributed by atoms with Gasteiger partial charge in [-0.05, 0) is 86.4 Å². The number of ether oxygens (including phenoxy) is 2. The Morgan fingerprint density at radius 3 is 2.76 bits per heavy atom. The van der Waals surface area contributed by atoms with Crippen LogP contribution in [0.25, 0.3) is 0 Å². The lowest BCUT2D eigenvalue weighted by atomic mass is 9.70. The lowest BCUT2D eigenvalue weighted by Gasteiger charge is -2.41. The van der Waals surface area contributed by atoms with Crippen LogP contribution in [0.4, 0.5) is 5.69 Å². The van der Waals surface area contributed by atoms with Crippen molar-refractivity contribution < 1.29 is 24.2 Å². The fraction of sp³-hybridized carbons (Fsp3) is 0.515. The third-order valence-corrected chi connectivity index (χ3v) is 9.43. The molecule has 3 atom stereocenters. The fourth-order valence-corrected chi connectivity index (χ4v) is 6.97. The van der Waals surface area contributed by atoms with Crippen molar-refractivity contribution in [3.05, 3.63) is 70.3 Å². The lowest BCUT2D eigenvalue weighted by Crippen LogP contribution is -2.50. The maximum absolute atomic E-state index is 13.4. The first-order valence-corrected chi connectivity index (χ1v) is 15.1. The first-order chi connectivity index (χ1) is 19.7. The first kappa shape index (κ1) is 29.5. The summed E-state index contributed by atoms with van der Waals surface area (Å²) in [6.07, 6.45) is 11.2. The molecule has 0 unspecified atom stereocenters. The van der Waals surface area contributed by atoms with Crippen LogP contribution in [0, 0.1) is 5.92 Å². The molecule has 1 spiro atoms. The SMILES string of the molecule is COC(=O)[C@@]1(O)c2ccc3c(c2)N(CCCCC/C=C/CN(C)C(=O)[C@H]1C)C[C@@]1(CCCc2cc(Cl)ccc21)CO3. The number of hydrogen-bond acceptors (Lipinski definition) is 6. The molecule has 3 aliphatic rings. The van der Waals surface area contributed by atoms with Crippen molar-refractivity contribution in [3.8, 4) is 5.75 Å². The molecule has 1 amide bonds. The van der Waals surface area contributed by atoms with Gasteiger partial charge >= 0.3 is 5.97 Å². The van der Waals surface area contributed by atoms with E-state index in [-0.39, 0.29) is 11.3 Å². The minimum atomic E-state index is -2.17. The van der Waals surface area contributed by atoms with E-state index in [4.69, 9.17) is 21.1 Å². The molecule has 0 saturated carbocycles. The van der Waals surface area contributed by atoms with Gasteiger partial charge in [-0.25, -0.2) is 4.79 Å². The van der Waals surface area contributed by atoms with Crippen molar-refractivity contribution in [2.24, 2.45) is 5.92 Å². The number of fused-ring (bicyclic) bond motifs is 3. The molecule has 2 heterocycles. The summed E-state index contributed by atoms with van der Waals surface area (Å²) in [5, 5.41) is 12.7. The number of nitrogens with zero attached hydrogens (tertiary/aromatic N) is 2. The zero-order valence-electron chi connectivity index (χ0n) is 24.3. The second-order valence-corrected chi connectivity index (χ2v) is 12.3. The van der Waals surface area contributed by atoms with Gasteiger partial charge in [0, 0.05) is 37.1 Å². The Kier molecular flexibility index (Phi) is 8.67. The summed E-state index contributed by atoms with van der Waals surface area (Å²) in [7, 11) is 2.92. The average Bonchev–Trinajstić information content (AvgIpc) is 3.13. The smallest absolute Gasteiger partial charge is 0.343 e. The summed E-state index contributed by atoms with van der Waals surface area (Å²) in [6.45, 7) is 4.06. The summed E-state index contributed by atoms with van der Waals surface area (Å²) in [6, 6.07) is 11.5. The standard InChI is InChI=1S/C33H41ClN2O5/c1-23-30(37)35(2)17-8-6-4-5-7-9-18-36-21-32(16-10-11-24-19-26(34)13-14-27(24)32)22-41-29-15-12-25(20-28(29)36)33(23,39)31(38)40-3/h6,8,12-15,19-20,23,39H,4-5,7,9-11,16-18,21-22H2,1-3H3/b8-6+/t23-,32+,33+/m1/s1. The molecule has 1 N–H and O–H groups in total. The number of aryl methyl sites for hydroxylation is 1. The summed E-state index contributed by atoms with van der Waals surface area (Å²) in [5.74, 6) is -1.56. The number of carbonyl (C=O) groups is 2. The van der Waals surface area contributed by atoms with Crippen molar-refractivity contribution in [1.82, 2.24) is 4.90 Å². The van der Waals surface area contributed by atoms with Crippen LogP contribution in [0.1, 0.15) is 62.1 Å². The second kappa shape index (κ2) is 12.1. The maximum Gasteiger partial charge on any atom is 0.343 e. The van der Waals surface area contributed by atoms with Crippen LogP contribution in [-0.4, -0.2) is 62.3 Å². The van der Waals surface area contributed by atoms with Gasteiger partial charge in [0.2, 0.25) is 5.91 Å². The van der Waals surface area contributed by atoms with Crippen molar-refractivity contribution >= 4 is 29.2 Å². The average molecular weight is 581 g/mol. The molecule has 2 aromatic rings. The minimum Gasteiger partial charge on any atom is -0.490 e. The van der Waals surface area contributed by atoms with Gasteiger partial charge in [0.15, 0.2) is 5.60 Å². The highest BCUT2D eigenvalue weighted by Crippen LogP contribution is 2.46. The zero-order valence-corrected chi connectivity index (χ0v) is 25.1. The van der Waals surface area contributed by atoms with E-state index in [1.54, 1.807) is 20.0 Å². The Morgan fingerprint density at radius 1 is 1.12 bits per heavy atom. The maximum atomic E-state index is 13.4. The van der Waals surface area contributed by atoms with Gasteiger partial charge in [-0.2, -0.15) is 0 Å². The third-order valence-electron chi connectivity index (χ3n) is 9.19. The monoisotopic (exact) mass is 580 g/mol. The highest BCUT2D eigenvalue weighted by molar-refractivity contribution is 6.30. The summed E-state index contributed by atoms with van der Waals surface area (Å²) >= 11 is 6.38. The molecular formula is C33H41ClN2O5. The Bertz CT molecular complexity index is 1330. The van der Waals surface area contributed by atoms with Crippen LogP contribution in [-0.2, 0) is 31.8 Å². The third kappa shape index (κ3) is 5.59. The van der Waals surface area contributed by atoms with E-state index in [1.807, 2.05) is 24.3 Å². The number of hydrogen-bond donors (Lipinski definition) is 1. The number of aliphatic hydroxyl groups is 1. The topological polar surface area (TPSA) is 79.3 Å². The van der Waals surface area contributed by atoms with Gasteiger partial charge in [0.25, 0.3) is 0 Å². The minimum absolute atomic E-state index is 0.217. The summed E-state index contributed by atoms with van der Waals surface area (Å²) in [4.78, 5) is 30.5. The normalized spacial score (nSPS) is 27.9. The molecule has 0 aromatic heterocycles. The highest BCUT2D eigenvalue weighted by Gasteiger charge is 2.50. The number of methoxy groups -OCH3 is 1. The molecule has 0 radical (unpaired) electrons. The van der Waals surface area contributed by atoms with Crippen LogP contribution >= 0.6 is 11.6 Å². The van der Waals surface area contributed by atoms with E-state index in [2.05, 4.69) is 23.1 Å². The van der Waals surface area contributed by atoms with Gasteiger partial charge in [0.05, 0.1) is 25.3 Å². The van der Waals surface area contributed by atoms with Gasteiger partial charge in [0.1, 0.15) is 5.75 Å². The molecule has 220 valence electrons. The molecule has 2 aromatic carbocycles. The molecule has 1 aliphatic carbocycles. The first-order valence-electron chi connectivity index (χ1n) is 14.7. The molecular weight excluding hydrogens is 540 g/mol. The molecule has 2 aliphatic heterocycles. The van der Waals surface area contributed by atoms with Gasteiger partial charge < -0.3 is 24.4 Å². The number of benzene rings is 2. The van der Waals surface area contributed by atoms with Crippen LogP contribution in [0.15, 0.2) is 48.6 Å². The van der Waals surface area contributed by atoms with Crippen LogP contribution in [0.3, 0.4) is 0 Å². The van der Waals surface area contributed by atoms with Crippen molar-refractivity contribution in [1.29, 1.82) is 0 Å². The van der Waals surface area contributed by atoms with E-state index < -0.39 is 17.5 Å². The summed E-state index contributed by atoms with van der Waals surface area (Å²) in [5.41, 5.74) is 1.32. The van der Waals surface area contributed by atoms with E-state index in [0.29, 0.717) is 24.5 Å². The van der Waals surface area contributed by atoms with Gasteiger partial charge in [-0.1, -0.05) is 42.3 Å². The van der Waals surface area contributed by atoms with Crippen LogP contribution in [0.5, 0.6) is 5.75 Å². The van der Waals surface area contributed by atoms with Crippen molar-refractivity contribution in [3.63, 3.8) is 0 Å². The second-order valence-electron chi connectivity index (χ2n) is 11.8. The Morgan fingerprint density at radius 2 is 1.95 bits per heavy atom. The molecule has 0 fully saturated rings. The number of anilines is 1. The predicted molar refractivity (Wildman–Crippen MR) is 161 cm³/mol. The number of amides is 1. The molecule has 7 nitrogen and oxygen atoms in total. The predicted octanol–water partition coefficient (Wildman–Crippen LogP) is 5.40. The highest BCUT2D eigenvalue weighted by atomic mass is 35.5. The number of rotatable bonds is 1. The summed E-state index contributed by atoms with van der Waals surface area (Å²) < 4.78 is 11.6. The molecule has 0 saturated heterocycles. The molecule has 5 rings (SSSR count). The van der Waals surface area contributed by atoms with Crippen molar-refractivity contribution in [2.75, 3.05) is 45.3 Å². The van der Waals surface area contributed by atoms with E-state index in [1.165, 1.54) is 23.1 Å². The largest absolute Gasteiger partial charge is 0.490 e. The van der Waals surface area contributed by atoms with E-state index in [0.717, 1.165) is 68.7 Å². The quantitative estimate of drug-likeness (QED) is 0.359. The zero-order chi connectivity index (χ0) is 29.2. The molecule has 41 heavy (non-hydrogen) atoms. The fourth-order valence-electron chi connectivity index (χ4n) is 6.78. The van der Waals surface area contributed by atoms with E-state index in [9.17, 15) is 14.7 Å². The molecule has 2 bridgehead atoms. The Hall–Kier alpha value is -3.03. The van der Waals surface area contributed by atoms with Crippen LogP contribution < -0.4 is 9.64 Å². The number of esters is 1. The number of halogens is 1. The molecule has 8 heteroatoms. The number of carbonyl (C=O) groups excluding carboxylic acids is 2. The van der Waals surface area contributed by atoms with Crippen LogP contribution in [0.2, 0.25) is 5.02 Å².